The van der Waals surface area contributed by atoms with Gasteiger partial charge in [-0.1, -0.05) is 36.0 Å². The van der Waals surface area contributed by atoms with Gasteiger partial charge < -0.3 is 10.1 Å². The van der Waals surface area contributed by atoms with E-state index < -0.39 is 0 Å². The van der Waals surface area contributed by atoms with Gasteiger partial charge in [-0.05, 0) is 66.1 Å². The number of benzene rings is 2. The lowest BCUT2D eigenvalue weighted by molar-refractivity contribution is -0.120. The lowest BCUT2D eigenvalue weighted by Gasteiger charge is -2.12. The third-order valence-electron chi connectivity index (χ3n) is 4.21. The largest absolute Gasteiger partial charge is 0.497 e. The number of thioether (sulfide) groups is 1. The van der Waals surface area contributed by atoms with Crippen LogP contribution in [0.5, 0.6) is 5.75 Å². The average molecular weight is 398 g/mol. The minimum absolute atomic E-state index is 0.0442. The summed E-state index contributed by atoms with van der Waals surface area (Å²) in [7, 11) is 1.64. The molecular formula is C20H23N5O2S. The number of nitrogens with one attached hydrogen (secondary N) is 1. The zero-order chi connectivity index (χ0) is 19.9. The lowest BCUT2D eigenvalue weighted by atomic mass is 10.1. The molecule has 3 aromatic rings. The Morgan fingerprint density at radius 3 is 2.75 bits per heavy atom. The van der Waals surface area contributed by atoms with E-state index in [0.717, 1.165) is 29.0 Å². The maximum atomic E-state index is 12.4. The van der Waals surface area contributed by atoms with Crippen molar-refractivity contribution in [2.45, 2.75) is 30.7 Å². The molecule has 28 heavy (non-hydrogen) atoms. The van der Waals surface area contributed by atoms with E-state index in [1.807, 2.05) is 62.4 Å². The van der Waals surface area contributed by atoms with E-state index in [2.05, 4.69) is 20.8 Å². The number of ether oxygens (including phenoxy) is 1. The van der Waals surface area contributed by atoms with Crippen molar-refractivity contribution in [1.82, 2.24) is 25.5 Å². The van der Waals surface area contributed by atoms with Crippen molar-refractivity contribution in [2.75, 3.05) is 13.7 Å². The number of aryl methyl sites for hydroxylation is 1. The maximum Gasteiger partial charge on any atom is 0.233 e. The molecule has 3 rings (SSSR count). The number of tetrazole rings is 1. The number of hydrogen-bond acceptors (Lipinski definition) is 6. The Hall–Kier alpha value is -2.87. The van der Waals surface area contributed by atoms with Gasteiger partial charge in [0, 0.05) is 6.54 Å². The Morgan fingerprint density at radius 2 is 2.04 bits per heavy atom. The van der Waals surface area contributed by atoms with E-state index in [1.165, 1.54) is 11.8 Å². The lowest BCUT2D eigenvalue weighted by Crippen LogP contribution is -2.32. The van der Waals surface area contributed by atoms with Gasteiger partial charge in [0.2, 0.25) is 11.1 Å². The summed E-state index contributed by atoms with van der Waals surface area (Å²) in [6.45, 7) is 4.43. The topological polar surface area (TPSA) is 81.9 Å². The summed E-state index contributed by atoms with van der Waals surface area (Å²) in [5.41, 5.74) is 3.14. The summed E-state index contributed by atoms with van der Waals surface area (Å²) in [4.78, 5) is 12.4. The first-order valence-corrected chi connectivity index (χ1v) is 9.87. The van der Waals surface area contributed by atoms with E-state index >= 15 is 0 Å². The molecule has 0 aliphatic rings. The van der Waals surface area contributed by atoms with Gasteiger partial charge in [-0.25, -0.2) is 0 Å². The molecular weight excluding hydrogens is 374 g/mol. The Labute approximate surface area is 168 Å². The van der Waals surface area contributed by atoms with Crippen LogP contribution >= 0.6 is 11.8 Å². The Balaban J connectivity index is 1.54. The van der Waals surface area contributed by atoms with Crippen molar-refractivity contribution in [3.05, 3.63) is 59.7 Å². The van der Waals surface area contributed by atoms with E-state index in [-0.39, 0.29) is 11.2 Å². The van der Waals surface area contributed by atoms with Gasteiger partial charge in [0.15, 0.2) is 0 Å². The first-order valence-electron chi connectivity index (χ1n) is 8.99. The Bertz CT molecular complexity index is 926. The normalized spacial score (nSPS) is 11.8. The molecule has 0 aliphatic carbocycles. The van der Waals surface area contributed by atoms with Crippen molar-refractivity contribution in [3.8, 4) is 11.4 Å². The minimum atomic E-state index is -0.314. The van der Waals surface area contributed by atoms with Crippen molar-refractivity contribution in [3.63, 3.8) is 0 Å². The molecule has 8 heteroatoms. The minimum Gasteiger partial charge on any atom is -0.497 e. The summed E-state index contributed by atoms with van der Waals surface area (Å²) < 4.78 is 6.80. The molecule has 1 unspecified atom stereocenters. The monoisotopic (exact) mass is 397 g/mol. The molecule has 1 heterocycles. The number of carbonyl (C=O) groups is 1. The van der Waals surface area contributed by atoms with Gasteiger partial charge in [-0.3, -0.25) is 4.79 Å². The highest BCUT2D eigenvalue weighted by Crippen LogP contribution is 2.23. The molecule has 0 saturated carbocycles. The average Bonchev–Trinajstić information content (AvgIpc) is 3.16. The fourth-order valence-corrected chi connectivity index (χ4v) is 3.48. The van der Waals surface area contributed by atoms with Crippen LogP contribution in [0.1, 0.15) is 18.1 Å². The molecule has 7 nitrogen and oxygen atoms in total. The molecule has 1 N–H and O–H groups in total. The van der Waals surface area contributed by atoms with Crippen LogP contribution in [0.15, 0.2) is 53.7 Å². The molecule has 2 aromatic carbocycles. The second-order valence-corrected chi connectivity index (χ2v) is 7.67. The van der Waals surface area contributed by atoms with Gasteiger partial charge >= 0.3 is 0 Å². The third kappa shape index (κ3) is 5.10. The molecule has 0 bridgehead atoms. The standard InChI is InChI=1S/C20H23N5O2S/c1-14-5-4-6-17(13-14)25-20(22-23-24-25)28-15(2)19(26)21-12-11-16-7-9-18(27-3)10-8-16/h4-10,13,15H,11-12H2,1-3H3,(H,21,26). The number of carbonyl (C=O) groups excluding carboxylic acids is 1. The SMILES string of the molecule is COc1ccc(CCNC(=O)C(C)Sc2nnnn2-c2cccc(C)c2)cc1. The maximum absolute atomic E-state index is 12.4. The van der Waals surface area contributed by atoms with Crippen LogP contribution in [0, 0.1) is 6.92 Å². The number of amides is 1. The molecule has 1 atom stereocenters. The van der Waals surface area contributed by atoms with Crippen molar-refractivity contribution < 1.29 is 9.53 Å². The van der Waals surface area contributed by atoms with Crippen LogP contribution in [0.2, 0.25) is 0 Å². The molecule has 0 radical (unpaired) electrons. The molecule has 0 aliphatic heterocycles. The molecule has 1 aromatic heterocycles. The summed E-state index contributed by atoms with van der Waals surface area (Å²) in [6.07, 6.45) is 0.758. The predicted molar refractivity (Wildman–Crippen MR) is 109 cm³/mol. The van der Waals surface area contributed by atoms with Gasteiger partial charge in [-0.15, -0.1) is 5.10 Å². The quantitative estimate of drug-likeness (QED) is 0.589. The number of hydrogen-bond donors (Lipinski definition) is 1. The van der Waals surface area contributed by atoms with Gasteiger partial charge in [0.05, 0.1) is 18.0 Å². The van der Waals surface area contributed by atoms with E-state index in [1.54, 1.807) is 11.8 Å². The van der Waals surface area contributed by atoms with Gasteiger partial charge in [-0.2, -0.15) is 4.68 Å². The molecule has 0 saturated heterocycles. The molecule has 146 valence electrons. The second kappa shape index (κ2) is 9.36. The fraction of sp³-hybridized carbons (Fsp3) is 0.300. The van der Waals surface area contributed by atoms with E-state index in [4.69, 9.17) is 4.74 Å². The number of rotatable bonds is 8. The van der Waals surface area contributed by atoms with E-state index in [0.29, 0.717) is 11.7 Å². The smallest absolute Gasteiger partial charge is 0.233 e. The van der Waals surface area contributed by atoms with Crippen LogP contribution < -0.4 is 10.1 Å². The van der Waals surface area contributed by atoms with E-state index in [9.17, 15) is 4.79 Å². The van der Waals surface area contributed by atoms with Crippen LogP contribution in [-0.2, 0) is 11.2 Å². The third-order valence-corrected chi connectivity index (χ3v) is 5.24. The number of aromatic nitrogens is 4. The second-order valence-electron chi connectivity index (χ2n) is 6.36. The molecule has 1 amide bonds. The number of methoxy groups -OCH3 is 1. The summed E-state index contributed by atoms with van der Waals surface area (Å²) >= 11 is 1.34. The molecule has 0 spiro atoms. The van der Waals surface area contributed by atoms with Crippen LogP contribution in [0.3, 0.4) is 0 Å². The zero-order valence-corrected chi connectivity index (χ0v) is 16.9. The van der Waals surface area contributed by atoms with Crippen molar-refractivity contribution >= 4 is 17.7 Å². The summed E-state index contributed by atoms with van der Waals surface area (Å²) in [6, 6.07) is 15.7. The summed E-state index contributed by atoms with van der Waals surface area (Å²) in [5.74, 6) is 0.779. The fourth-order valence-electron chi connectivity index (χ4n) is 2.65. The summed E-state index contributed by atoms with van der Waals surface area (Å²) in [5, 5.41) is 15.1. The first kappa shape index (κ1) is 19.9. The highest BCUT2D eigenvalue weighted by Gasteiger charge is 2.19. The molecule has 0 fully saturated rings. The van der Waals surface area contributed by atoms with Gasteiger partial charge in [0.25, 0.3) is 0 Å². The van der Waals surface area contributed by atoms with Gasteiger partial charge in [0.1, 0.15) is 5.75 Å². The highest BCUT2D eigenvalue weighted by atomic mass is 32.2. The Kier molecular flexibility index (Phi) is 6.65. The Morgan fingerprint density at radius 1 is 1.25 bits per heavy atom. The number of nitrogens with zero attached hydrogens (tertiary/aromatic N) is 4. The predicted octanol–water partition coefficient (Wildman–Crippen LogP) is 2.82. The van der Waals surface area contributed by atoms with Crippen LogP contribution in [-0.4, -0.2) is 45.0 Å². The first-order chi connectivity index (χ1) is 13.6. The van der Waals surface area contributed by atoms with Crippen molar-refractivity contribution in [2.24, 2.45) is 0 Å². The van der Waals surface area contributed by atoms with Crippen molar-refractivity contribution in [1.29, 1.82) is 0 Å². The van der Waals surface area contributed by atoms with Crippen LogP contribution in [0.4, 0.5) is 0 Å². The highest BCUT2D eigenvalue weighted by molar-refractivity contribution is 8.00. The zero-order valence-electron chi connectivity index (χ0n) is 16.1. The van der Waals surface area contributed by atoms with Crippen LogP contribution in [0.25, 0.3) is 5.69 Å².